The molecule has 6 aromatic heterocycles. The van der Waals surface area contributed by atoms with Crippen LogP contribution in [0.25, 0.3) is 97.0 Å². The minimum absolute atomic E-state index is 0.0795. The van der Waals surface area contributed by atoms with Gasteiger partial charge >= 0.3 is 0 Å². The maximum absolute atomic E-state index is 5.50. The maximum Gasteiger partial charge on any atom is 0.114 e. The Bertz CT molecular complexity index is 3850. The molecule has 4 aromatic carbocycles. The molecule has 10 aromatic rings. The predicted molar refractivity (Wildman–Crippen MR) is 361 cm³/mol. The Hall–Kier alpha value is -4.48. The Morgan fingerprint density at radius 1 is 0.366 bits per heavy atom. The number of rotatable bonds is 31. The molecule has 434 valence electrons. The number of thiophene rings is 2. The number of aryl methyl sites for hydroxylation is 4. The molecule has 2 aliphatic carbocycles. The van der Waals surface area contributed by atoms with Gasteiger partial charge < -0.3 is 9.13 Å². The molecule has 0 fully saturated rings. The Morgan fingerprint density at radius 2 is 0.768 bits per heavy atom. The molecular weight excluding hydrogens is 1080 g/mol. The summed E-state index contributed by atoms with van der Waals surface area (Å²) in [7, 11) is 0. The number of fused-ring (bicyclic) bond motifs is 16. The number of nitrogens with zero attached hydrogens (tertiary/aromatic N) is 6. The lowest BCUT2D eigenvalue weighted by Gasteiger charge is -2.35. The summed E-state index contributed by atoms with van der Waals surface area (Å²) in [6, 6.07) is 21.1. The number of aromatic nitrogens is 6. The molecule has 0 unspecified atom stereocenters. The molecule has 0 aliphatic heterocycles. The lowest BCUT2D eigenvalue weighted by Crippen LogP contribution is -2.27. The van der Waals surface area contributed by atoms with Crippen LogP contribution in [0.1, 0.15) is 254 Å². The van der Waals surface area contributed by atoms with Crippen molar-refractivity contribution in [1.82, 2.24) is 26.6 Å². The fraction of sp³-hybridized carbons (Fsp3) is 0.556. The van der Waals surface area contributed by atoms with Crippen LogP contribution in [0, 0.1) is 13.8 Å². The van der Waals surface area contributed by atoms with Crippen LogP contribution in [0.5, 0.6) is 0 Å². The summed E-state index contributed by atoms with van der Waals surface area (Å²) in [5.74, 6) is 0. The molecule has 0 spiro atoms. The van der Waals surface area contributed by atoms with Gasteiger partial charge in [-0.15, -0.1) is 22.7 Å². The second-order valence-electron chi connectivity index (χ2n) is 25.4. The summed E-state index contributed by atoms with van der Waals surface area (Å²) in [4.78, 5) is 2.75. The Labute approximate surface area is 506 Å². The van der Waals surface area contributed by atoms with Crippen LogP contribution in [0.2, 0.25) is 0 Å². The Balaban J connectivity index is 1.09. The fourth-order valence-corrected chi connectivity index (χ4v) is 19.1. The second kappa shape index (κ2) is 25.2. The average molecular weight is 1170 g/mol. The zero-order valence-electron chi connectivity index (χ0n) is 51.1. The number of unbranched alkanes of at least 4 members (excludes halogenated alkanes) is 18. The van der Waals surface area contributed by atoms with E-state index in [1.807, 2.05) is 22.7 Å². The highest BCUT2D eigenvalue weighted by molar-refractivity contribution is 7.23. The molecule has 2 aliphatic rings. The Kier molecular flexibility index (Phi) is 17.8. The summed E-state index contributed by atoms with van der Waals surface area (Å²) in [6.45, 7) is 20.8. The lowest BCUT2D eigenvalue weighted by atomic mass is 9.68. The first kappa shape index (κ1) is 57.9. The summed E-state index contributed by atoms with van der Waals surface area (Å²) in [5, 5.41) is 2.84. The van der Waals surface area contributed by atoms with E-state index in [4.69, 9.17) is 17.5 Å². The third-order valence-corrected chi connectivity index (χ3v) is 23.2. The molecule has 0 saturated carbocycles. The van der Waals surface area contributed by atoms with E-state index < -0.39 is 0 Å². The third-order valence-electron chi connectivity index (χ3n) is 19.9. The van der Waals surface area contributed by atoms with Crippen molar-refractivity contribution in [3.63, 3.8) is 0 Å². The van der Waals surface area contributed by atoms with Crippen LogP contribution in [0.15, 0.2) is 48.5 Å². The van der Waals surface area contributed by atoms with Crippen molar-refractivity contribution in [1.29, 1.82) is 0 Å². The van der Waals surface area contributed by atoms with E-state index in [1.54, 1.807) is 11.1 Å². The number of hydrogen-bond donors (Lipinski definition) is 0. The molecule has 0 saturated heterocycles. The highest BCUT2D eigenvalue weighted by Crippen LogP contribution is 2.64. The summed E-state index contributed by atoms with van der Waals surface area (Å²) >= 11 is 6.84. The van der Waals surface area contributed by atoms with E-state index in [2.05, 4.69) is 113 Å². The highest BCUT2D eigenvalue weighted by Gasteiger charge is 2.50. The van der Waals surface area contributed by atoms with Gasteiger partial charge in [0.15, 0.2) is 0 Å². The van der Waals surface area contributed by atoms with Crippen LogP contribution in [-0.4, -0.2) is 26.6 Å². The van der Waals surface area contributed by atoms with Crippen LogP contribution < -0.4 is 0 Å². The summed E-state index contributed by atoms with van der Waals surface area (Å²) in [5.41, 5.74) is 24.2. The normalized spacial score (nSPS) is 14.3. The standard InChI is InChI=1S/C72H92N6S4/c1-9-15-21-27-33-71(34-28-22-16-10-2)54-42-50-55(41-49(54)63-56(71)39-47(7)65-67(63)75-81-73-65)72(35-29-23-17-11-3,36-30-24-18-12-4)57-43-53(66-68(64(50)57)76-82-74-66)62-46-61-70(80-62)52-45-58-51(44-59(52)78(61)38-32-26-20-14-6)69-60(40-48(8)79-69)77(58)37-31-25-19-13-5/h39-46H,9-38H2,1-8H3. The molecule has 82 heavy (non-hydrogen) atoms. The SMILES string of the molecule is CCCCCCn1c2cc3c4sc(-c5cc6c(c7nsnc57)-c5cc7c(cc5C6(CCCCCC)CCCCCC)-c5c(cc(C)c6nsnc56)C7(CCCCCC)CCCCCC)cc4n(CCCCCC)c3cc2c2sc(C)cc21. The van der Waals surface area contributed by atoms with Gasteiger partial charge in [-0.1, -0.05) is 189 Å². The van der Waals surface area contributed by atoms with E-state index in [0.717, 1.165) is 48.0 Å². The molecule has 0 bridgehead atoms. The van der Waals surface area contributed by atoms with Gasteiger partial charge in [-0.3, -0.25) is 0 Å². The van der Waals surface area contributed by atoms with Crippen molar-refractivity contribution in [3.05, 3.63) is 81.2 Å². The van der Waals surface area contributed by atoms with Crippen molar-refractivity contribution >= 4 is 110 Å². The van der Waals surface area contributed by atoms with E-state index in [1.165, 1.54) is 287 Å². The molecule has 0 atom stereocenters. The van der Waals surface area contributed by atoms with Crippen molar-refractivity contribution in [3.8, 4) is 32.7 Å². The van der Waals surface area contributed by atoms with Gasteiger partial charge in [-0.25, -0.2) is 0 Å². The Morgan fingerprint density at radius 3 is 1.26 bits per heavy atom. The molecule has 0 radical (unpaired) electrons. The summed E-state index contributed by atoms with van der Waals surface area (Å²) < 4.78 is 29.4. The quantitative estimate of drug-likeness (QED) is 0.0406. The van der Waals surface area contributed by atoms with Crippen molar-refractivity contribution < 1.29 is 0 Å². The number of hydrogen-bond acceptors (Lipinski definition) is 8. The van der Waals surface area contributed by atoms with Gasteiger partial charge in [-0.05, 0) is 134 Å². The van der Waals surface area contributed by atoms with Crippen LogP contribution in [-0.2, 0) is 23.9 Å². The first-order valence-corrected chi connectivity index (χ1v) is 36.1. The van der Waals surface area contributed by atoms with Gasteiger partial charge in [0, 0.05) is 61.1 Å². The monoisotopic (exact) mass is 1170 g/mol. The molecule has 10 heteroatoms. The van der Waals surface area contributed by atoms with Gasteiger partial charge in [0.2, 0.25) is 0 Å². The van der Waals surface area contributed by atoms with Crippen LogP contribution in [0.3, 0.4) is 0 Å². The van der Waals surface area contributed by atoms with Crippen molar-refractivity contribution in [2.45, 2.75) is 259 Å². The number of benzene rings is 4. The second-order valence-corrected chi connectivity index (χ2v) is 28.8. The van der Waals surface area contributed by atoms with E-state index in [9.17, 15) is 0 Å². The smallest absolute Gasteiger partial charge is 0.114 e. The molecule has 6 nitrogen and oxygen atoms in total. The van der Waals surface area contributed by atoms with Crippen molar-refractivity contribution in [2.24, 2.45) is 0 Å². The van der Waals surface area contributed by atoms with Crippen LogP contribution >= 0.6 is 46.1 Å². The zero-order valence-corrected chi connectivity index (χ0v) is 54.4. The minimum Gasteiger partial charge on any atom is -0.340 e. The molecule has 0 N–H and O–H groups in total. The van der Waals surface area contributed by atoms with E-state index in [0.29, 0.717) is 0 Å². The van der Waals surface area contributed by atoms with Gasteiger partial charge in [0.05, 0.1) is 54.9 Å². The topological polar surface area (TPSA) is 61.4 Å². The first-order valence-electron chi connectivity index (χ1n) is 33.0. The zero-order chi connectivity index (χ0) is 56.5. The average Bonchev–Trinajstić information content (AvgIpc) is 1.89. The maximum atomic E-state index is 5.50. The van der Waals surface area contributed by atoms with Crippen molar-refractivity contribution in [2.75, 3.05) is 0 Å². The largest absolute Gasteiger partial charge is 0.340 e. The summed E-state index contributed by atoms with van der Waals surface area (Å²) in [6.07, 6.45) is 34.8. The van der Waals surface area contributed by atoms with Crippen LogP contribution in [0.4, 0.5) is 0 Å². The predicted octanol–water partition coefficient (Wildman–Crippen LogP) is 23.9. The molecule has 12 rings (SSSR count). The third kappa shape index (κ3) is 10.1. The van der Waals surface area contributed by atoms with E-state index in [-0.39, 0.29) is 10.8 Å². The lowest BCUT2D eigenvalue weighted by molar-refractivity contribution is 0.397. The first-order chi connectivity index (χ1) is 40.2. The molecule has 6 heterocycles. The van der Waals surface area contributed by atoms with E-state index >= 15 is 0 Å². The molecular formula is C72H92N6S4. The van der Waals surface area contributed by atoms with Gasteiger partial charge in [-0.2, -0.15) is 17.5 Å². The highest BCUT2D eigenvalue weighted by atomic mass is 32.1. The molecule has 0 amide bonds. The van der Waals surface area contributed by atoms with Gasteiger partial charge in [0.1, 0.15) is 22.1 Å². The minimum atomic E-state index is -0.150. The fourth-order valence-electron chi connectivity index (χ4n) is 15.7. The van der Waals surface area contributed by atoms with Gasteiger partial charge in [0.25, 0.3) is 0 Å².